The summed E-state index contributed by atoms with van der Waals surface area (Å²) in [4.78, 5) is 14.5. The van der Waals surface area contributed by atoms with Gasteiger partial charge in [0.25, 0.3) is 0 Å². The molecule has 2 saturated carbocycles. The van der Waals surface area contributed by atoms with E-state index in [0.717, 1.165) is 38.3 Å². The molecule has 3 nitrogen and oxygen atoms in total. The number of carbonyl (C=O) groups is 1. The SMILES string of the molecule is Cc1cc(CC2CCN(C(=O)[C@H]3C[C@@](C)(O)C3)CC2)ccc1C1CC1. The lowest BCUT2D eigenvalue weighted by atomic mass is 9.71. The summed E-state index contributed by atoms with van der Waals surface area (Å²) in [5.74, 6) is 1.86. The van der Waals surface area contributed by atoms with Gasteiger partial charge in [-0.25, -0.2) is 0 Å². The highest BCUT2D eigenvalue weighted by atomic mass is 16.3. The monoisotopic (exact) mass is 341 g/mol. The summed E-state index contributed by atoms with van der Waals surface area (Å²) < 4.78 is 0. The van der Waals surface area contributed by atoms with Crippen molar-refractivity contribution in [1.82, 2.24) is 4.90 Å². The fourth-order valence-electron chi connectivity index (χ4n) is 4.84. The Morgan fingerprint density at radius 1 is 1.20 bits per heavy atom. The summed E-state index contributed by atoms with van der Waals surface area (Å²) in [6.07, 6.45) is 7.37. The smallest absolute Gasteiger partial charge is 0.225 e. The Kier molecular flexibility index (Phi) is 4.39. The van der Waals surface area contributed by atoms with Crippen LogP contribution in [0.5, 0.6) is 0 Å². The fourth-order valence-corrected chi connectivity index (χ4v) is 4.84. The van der Waals surface area contributed by atoms with E-state index in [-0.39, 0.29) is 11.8 Å². The quantitative estimate of drug-likeness (QED) is 0.904. The summed E-state index contributed by atoms with van der Waals surface area (Å²) in [5.41, 5.74) is 3.87. The standard InChI is InChI=1S/C22H31NO2/c1-15-11-17(3-6-20(15)18-4-5-18)12-16-7-9-23(10-8-16)21(24)19-13-22(2,25)14-19/h3,6,11,16,18-19,25H,4-5,7-10,12-14H2,1-2H3/t19-,22+. The molecule has 1 N–H and O–H groups in total. The first-order valence-electron chi connectivity index (χ1n) is 10.0. The Balaban J connectivity index is 1.27. The van der Waals surface area contributed by atoms with Crippen LogP contribution in [0.1, 0.15) is 68.1 Å². The number of nitrogens with zero attached hydrogens (tertiary/aromatic N) is 1. The maximum absolute atomic E-state index is 12.5. The first kappa shape index (κ1) is 17.1. The second-order valence-corrected chi connectivity index (χ2v) is 9.04. The number of aryl methyl sites for hydroxylation is 1. The molecule has 0 atom stereocenters. The molecule has 1 heterocycles. The average Bonchev–Trinajstić information content (AvgIpc) is 3.37. The first-order valence-corrected chi connectivity index (χ1v) is 10.0. The lowest BCUT2D eigenvalue weighted by molar-refractivity contribution is -0.151. The number of benzene rings is 1. The molecule has 0 radical (unpaired) electrons. The Bertz CT molecular complexity index is 646. The van der Waals surface area contributed by atoms with Gasteiger partial charge in [-0.1, -0.05) is 18.2 Å². The zero-order chi connectivity index (χ0) is 17.6. The Morgan fingerprint density at radius 2 is 1.88 bits per heavy atom. The normalized spacial score (nSPS) is 30.2. The van der Waals surface area contributed by atoms with Crippen molar-refractivity contribution in [2.24, 2.45) is 11.8 Å². The maximum Gasteiger partial charge on any atom is 0.225 e. The van der Waals surface area contributed by atoms with Crippen molar-refractivity contribution in [2.45, 2.75) is 70.3 Å². The van der Waals surface area contributed by atoms with Gasteiger partial charge in [0, 0.05) is 19.0 Å². The Hall–Kier alpha value is -1.35. The van der Waals surface area contributed by atoms with Gasteiger partial charge in [0.2, 0.25) is 5.91 Å². The molecule has 0 unspecified atom stereocenters. The predicted molar refractivity (Wildman–Crippen MR) is 99.5 cm³/mol. The summed E-state index contributed by atoms with van der Waals surface area (Å²) in [6, 6.07) is 7.07. The summed E-state index contributed by atoms with van der Waals surface area (Å²) in [7, 11) is 0. The van der Waals surface area contributed by atoms with Crippen LogP contribution in [0, 0.1) is 18.8 Å². The van der Waals surface area contributed by atoms with Crippen molar-refractivity contribution in [1.29, 1.82) is 0 Å². The van der Waals surface area contributed by atoms with Crippen molar-refractivity contribution in [2.75, 3.05) is 13.1 Å². The minimum atomic E-state index is -0.608. The number of aliphatic hydroxyl groups is 1. The van der Waals surface area contributed by atoms with Gasteiger partial charge in [-0.3, -0.25) is 4.79 Å². The molecule has 3 heteroatoms. The van der Waals surface area contributed by atoms with Crippen molar-refractivity contribution in [3.63, 3.8) is 0 Å². The molecule has 3 aliphatic rings. The highest BCUT2D eigenvalue weighted by Crippen LogP contribution is 2.42. The number of rotatable bonds is 4. The molecular weight excluding hydrogens is 310 g/mol. The molecular formula is C22H31NO2. The van der Waals surface area contributed by atoms with E-state index in [1.165, 1.54) is 24.0 Å². The van der Waals surface area contributed by atoms with E-state index in [0.29, 0.717) is 18.8 Å². The zero-order valence-corrected chi connectivity index (χ0v) is 15.6. The van der Waals surface area contributed by atoms with Gasteiger partial charge in [-0.15, -0.1) is 0 Å². The highest BCUT2D eigenvalue weighted by Gasteiger charge is 2.44. The van der Waals surface area contributed by atoms with Crippen LogP contribution in [0.2, 0.25) is 0 Å². The molecule has 25 heavy (non-hydrogen) atoms. The van der Waals surface area contributed by atoms with Gasteiger partial charge < -0.3 is 10.0 Å². The zero-order valence-electron chi connectivity index (χ0n) is 15.6. The van der Waals surface area contributed by atoms with E-state index in [2.05, 4.69) is 25.1 Å². The van der Waals surface area contributed by atoms with Crippen molar-refractivity contribution < 1.29 is 9.90 Å². The third-order valence-corrected chi connectivity index (χ3v) is 6.52. The molecule has 1 amide bonds. The van der Waals surface area contributed by atoms with Crippen LogP contribution in [0.4, 0.5) is 0 Å². The van der Waals surface area contributed by atoms with E-state index in [4.69, 9.17) is 0 Å². The molecule has 136 valence electrons. The molecule has 1 aromatic rings. The molecule has 1 aliphatic heterocycles. The van der Waals surface area contributed by atoms with Crippen LogP contribution in [0.3, 0.4) is 0 Å². The van der Waals surface area contributed by atoms with E-state index in [1.807, 2.05) is 11.8 Å². The van der Waals surface area contributed by atoms with Gasteiger partial charge in [-0.2, -0.15) is 0 Å². The molecule has 1 saturated heterocycles. The van der Waals surface area contributed by atoms with E-state index in [1.54, 1.807) is 5.56 Å². The molecule has 3 fully saturated rings. The van der Waals surface area contributed by atoms with Crippen molar-refractivity contribution in [3.05, 3.63) is 34.9 Å². The Labute approximate surface area is 151 Å². The highest BCUT2D eigenvalue weighted by molar-refractivity contribution is 5.80. The van der Waals surface area contributed by atoms with E-state index >= 15 is 0 Å². The number of likely N-dealkylation sites (tertiary alicyclic amines) is 1. The van der Waals surface area contributed by atoms with Gasteiger partial charge in [0.1, 0.15) is 0 Å². The second-order valence-electron chi connectivity index (χ2n) is 9.04. The lowest BCUT2D eigenvalue weighted by Crippen LogP contribution is -2.51. The first-order chi connectivity index (χ1) is 11.9. The van der Waals surface area contributed by atoms with Crippen LogP contribution in [-0.4, -0.2) is 34.6 Å². The topological polar surface area (TPSA) is 40.5 Å². The number of piperidine rings is 1. The van der Waals surface area contributed by atoms with E-state index in [9.17, 15) is 9.90 Å². The van der Waals surface area contributed by atoms with Gasteiger partial charge in [0.05, 0.1) is 5.60 Å². The van der Waals surface area contributed by atoms with Crippen LogP contribution in [0.25, 0.3) is 0 Å². The minimum absolute atomic E-state index is 0.0594. The summed E-state index contributed by atoms with van der Waals surface area (Å²) >= 11 is 0. The maximum atomic E-state index is 12.5. The number of carbonyl (C=O) groups excluding carboxylic acids is 1. The van der Waals surface area contributed by atoms with E-state index < -0.39 is 5.60 Å². The fraction of sp³-hybridized carbons (Fsp3) is 0.682. The molecule has 0 spiro atoms. The van der Waals surface area contributed by atoms with Crippen LogP contribution < -0.4 is 0 Å². The number of hydrogen-bond acceptors (Lipinski definition) is 2. The van der Waals surface area contributed by atoms with Crippen LogP contribution in [0.15, 0.2) is 18.2 Å². The summed E-state index contributed by atoms with van der Waals surface area (Å²) in [5, 5.41) is 9.85. The molecule has 0 bridgehead atoms. The van der Waals surface area contributed by atoms with Gasteiger partial charge in [0.15, 0.2) is 0 Å². The number of hydrogen-bond donors (Lipinski definition) is 1. The minimum Gasteiger partial charge on any atom is -0.390 e. The third-order valence-electron chi connectivity index (χ3n) is 6.52. The predicted octanol–water partition coefficient (Wildman–Crippen LogP) is 3.81. The summed E-state index contributed by atoms with van der Waals surface area (Å²) in [6.45, 7) is 5.87. The Morgan fingerprint density at radius 3 is 2.44 bits per heavy atom. The molecule has 1 aromatic carbocycles. The number of amides is 1. The van der Waals surface area contributed by atoms with Crippen LogP contribution in [-0.2, 0) is 11.2 Å². The van der Waals surface area contributed by atoms with Crippen LogP contribution >= 0.6 is 0 Å². The van der Waals surface area contributed by atoms with Crippen molar-refractivity contribution in [3.8, 4) is 0 Å². The molecule has 0 aromatic heterocycles. The van der Waals surface area contributed by atoms with Crippen molar-refractivity contribution >= 4 is 5.91 Å². The average molecular weight is 341 g/mol. The largest absolute Gasteiger partial charge is 0.390 e. The second kappa shape index (κ2) is 6.42. The molecule has 2 aliphatic carbocycles. The van der Waals surface area contributed by atoms with Gasteiger partial charge >= 0.3 is 0 Å². The lowest BCUT2D eigenvalue weighted by Gasteiger charge is -2.43. The molecule has 4 rings (SSSR count). The third kappa shape index (κ3) is 3.76. The van der Waals surface area contributed by atoms with Gasteiger partial charge in [-0.05, 0) is 87.3 Å².